The molecule has 4 heteroatoms. The molecule has 14 heavy (non-hydrogen) atoms. The minimum absolute atomic E-state index is 0.0394. The van der Waals surface area contributed by atoms with E-state index in [0.717, 1.165) is 19.4 Å². The van der Waals surface area contributed by atoms with E-state index in [1.807, 2.05) is 13.8 Å². The Kier molecular flexibility index (Phi) is 4.35. The lowest BCUT2D eigenvalue weighted by atomic mass is 10.0. The van der Waals surface area contributed by atoms with Crippen molar-refractivity contribution in [1.29, 1.82) is 0 Å². The van der Waals surface area contributed by atoms with Crippen LogP contribution in [0.15, 0.2) is 0 Å². The highest BCUT2D eigenvalue weighted by Gasteiger charge is 2.30. The summed E-state index contributed by atoms with van der Waals surface area (Å²) in [7, 11) is 0. The van der Waals surface area contributed by atoms with Crippen LogP contribution < -0.4 is 5.32 Å². The van der Waals surface area contributed by atoms with E-state index in [-0.39, 0.29) is 24.7 Å². The Hall–Kier alpha value is -0.610. The lowest BCUT2D eigenvalue weighted by Crippen LogP contribution is -2.41. The van der Waals surface area contributed by atoms with Gasteiger partial charge < -0.3 is 15.2 Å². The Morgan fingerprint density at radius 1 is 1.64 bits per heavy atom. The van der Waals surface area contributed by atoms with Gasteiger partial charge in [0.05, 0.1) is 18.6 Å². The molecule has 0 aliphatic carbocycles. The first-order valence-electron chi connectivity index (χ1n) is 5.24. The summed E-state index contributed by atoms with van der Waals surface area (Å²) in [6, 6.07) is -0.0394. The van der Waals surface area contributed by atoms with Crippen LogP contribution in [0.4, 0.5) is 0 Å². The van der Waals surface area contributed by atoms with Crippen LogP contribution in [-0.2, 0) is 9.53 Å². The van der Waals surface area contributed by atoms with Gasteiger partial charge >= 0.3 is 5.97 Å². The van der Waals surface area contributed by atoms with Gasteiger partial charge in [0.25, 0.3) is 0 Å². The Balaban J connectivity index is 2.44. The third-order valence-electron chi connectivity index (χ3n) is 2.57. The van der Waals surface area contributed by atoms with Crippen molar-refractivity contribution in [2.24, 2.45) is 0 Å². The fourth-order valence-electron chi connectivity index (χ4n) is 1.91. The van der Waals surface area contributed by atoms with Gasteiger partial charge in [-0.25, -0.2) is 0 Å². The lowest BCUT2D eigenvalue weighted by molar-refractivity contribution is -0.138. The summed E-state index contributed by atoms with van der Waals surface area (Å²) in [5, 5.41) is 11.9. The Labute approximate surface area is 84.6 Å². The first-order chi connectivity index (χ1) is 6.63. The van der Waals surface area contributed by atoms with E-state index in [9.17, 15) is 4.79 Å². The zero-order valence-electron chi connectivity index (χ0n) is 8.82. The number of carboxylic acids is 1. The van der Waals surface area contributed by atoms with Crippen molar-refractivity contribution >= 4 is 5.97 Å². The number of aliphatic carboxylic acids is 1. The molecule has 3 atom stereocenters. The summed E-state index contributed by atoms with van der Waals surface area (Å²) in [6.45, 7) is 4.79. The zero-order valence-corrected chi connectivity index (χ0v) is 8.82. The van der Waals surface area contributed by atoms with Crippen LogP contribution in [0.3, 0.4) is 0 Å². The van der Waals surface area contributed by atoms with Crippen molar-refractivity contribution in [2.75, 3.05) is 6.54 Å². The van der Waals surface area contributed by atoms with Gasteiger partial charge in [-0.1, -0.05) is 6.92 Å². The molecule has 0 aromatic heterocycles. The van der Waals surface area contributed by atoms with Crippen LogP contribution in [-0.4, -0.2) is 35.9 Å². The molecular weight excluding hydrogens is 182 g/mol. The Morgan fingerprint density at radius 2 is 2.36 bits per heavy atom. The number of likely N-dealkylation sites (N-methyl/N-ethyl adjacent to an activating group) is 1. The second-order valence-corrected chi connectivity index (χ2v) is 3.82. The number of nitrogens with one attached hydrogen (secondary N) is 1. The van der Waals surface area contributed by atoms with Crippen molar-refractivity contribution in [1.82, 2.24) is 5.32 Å². The van der Waals surface area contributed by atoms with E-state index < -0.39 is 5.97 Å². The van der Waals surface area contributed by atoms with E-state index in [1.54, 1.807) is 0 Å². The quantitative estimate of drug-likeness (QED) is 0.697. The minimum Gasteiger partial charge on any atom is -0.481 e. The van der Waals surface area contributed by atoms with Crippen LogP contribution in [0.5, 0.6) is 0 Å². The summed E-state index contributed by atoms with van der Waals surface area (Å²) in [5.74, 6) is -0.765. The molecule has 1 saturated heterocycles. The molecule has 1 aliphatic heterocycles. The summed E-state index contributed by atoms with van der Waals surface area (Å²) in [6.07, 6.45) is 2.49. The maximum atomic E-state index is 10.6. The molecule has 0 saturated carbocycles. The number of carboxylic acid groups (broad SMARTS) is 1. The number of carbonyl (C=O) groups is 1. The fraction of sp³-hybridized carbons (Fsp3) is 0.900. The normalized spacial score (nSPS) is 29.0. The maximum Gasteiger partial charge on any atom is 0.305 e. The SMILES string of the molecule is CCNC(CC(=O)O)C1CCC(C)O1. The van der Waals surface area contributed by atoms with Crippen molar-refractivity contribution in [3.05, 3.63) is 0 Å². The second kappa shape index (κ2) is 5.32. The molecule has 0 aromatic rings. The van der Waals surface area contributed by atoms with Crippen molar-refractivity contribution < 1.29 is 14.6 Å². The average molecular weight is 201 g/mol. The van der Waals surface area contributed by atoms with Gasteiger partial charge in [0.15, 0.2) is 0 Å². The summed E-state index contributed by atoms with van der Waals surface area (Å²) in [4.78, 5) is 10.6. The standard InChI is InChI=1S/C10H19NO3/c1-3-11-8(6-10(12)13)9-5-4-7(2)14-9/h7-9,11H,3-6H2,1-2H3,(H,12,13). The number of ether oxygens (including phenoxy) is 1. The Bertz CT molecular complexity index is 196. The molecule has 0 bridgehead atoms. The first-order valence-corrected chi connectivity index (χ1v) is 5.24. The van der Waals surface area contributed by atoms with Gasteiger partial charge in [0.1, 0.15) is 0 Å². The molecule has 82 valence electrons. The third kappa shape index (κ3) is 3.27. The highest BCUT2D eigenvalue weighted by Crippen LogP contribution is 2.23. The van der Waals surface area contributed by atoms with Crippen LogP contribution in [0, 0.1) is 0 Å². The number of hydrogen-bond acceptors (Lipinski definition) is 3. The molecule has 0 aromatic carbocycles. The summed E-state index contributed by atoms with van der Waals surface area (Å²) in [5.41, 5.74) is 0. The van der Waals surface area contributed by atoms with Crippen molar-refractivity contribution in [3.8, 4) is 0 Å². The van der Waals surface area contributed by atoms with Gasteiger partial charge in [-0.3, -0.25) is 4.79 Å². The van der Waals surface area contributed by atoms with Crippen LogP contribution >= 0.6 is 0 Å². The number of hydrogen-bond donors (Lipinski definition) is 2. The van der Waals surface area contributed by atoms with E-state index in [4.69, 9.17) is 9.84 Å². The van der Waals surface area contributed by atoms with Crippen LogP contribution in [0.1, 0.15) is 33.1 Å². The van der Waals surface area contributed by atoms with Crippen molar-refractivity contribution in [2.45, 2.75) is 51.4 Å². The van der Waals surface area contributed by atoms with Gasteiger partial charge in [0.2, 0.25) is 0 Å². The molecule has 1 fully saturated rings. The van der Waals surface area contributed by atoms with Crippen molar-refractivity contribution in [3.63, 3.8) is 0 Å². The largest absolute Gasteiger partial charge is 0.481 e. The number of rotatable bonds is 5. The van der Waals surface area contributed by atoms with E-state index >= 15 is 0 Å². The topological polar surface area (TPSA) is 58.6 Å². The monoisotopic (exact) mass is 201 g/mol. The molecule has 1 aliphatic rings. The van der Waals surface area contributed by atoms with Gasteiger partial charge in [-0.2, -0.15) is 0 Å². The first kappa shape index (κ1) is 11.5. The molecule has 3 unspecified atom stereocenters. The maximum absolute atomic E-state index is 10.6. The second-order valence-electron chi connectivity index (χ2n) is 3.82. The summed E-state index contributed by atoms with van der Waals surface area (Å²) >= 11 is 0. The average Bonchev–Trinajstić information content (AvgIpc) is 2.50. The van der Waals surface area contributed by atoms with Gasteiger partial charge in [0, 0.05) is 6.04 Å². The fourth-order valence-corrected chi connectivity index (χ4v) is 1.91. The highest BCUT2D eigenvalue weighted by atomic mass is 16.5. The molecule has 0 amide bonds. The molecule has 2 N–H and O–H groups in total. The molecule has 1 heterocycles. The van der Waals surface area contributed by atoms with Crippen LogP contribution in [0.25, 0.3) is 0 Å². The predicted molar refractivity (Wildman–Crippen MR) is 53.3 cm³/mol. The summed E-state index contributed by atoms with van der Waals surface area (Å²) < 4.78 is 5.65. The molecule has 1 rings (SSSR count). The highest BCUT2D eigenvalue weighted by molar-refractivity contribution is 5.67. The Morgan fingerprint density at radius 3 is 2.79 bits per heavy atom. The lowest BCUT2D eigenvalue weighted by Gasteiger charge is -2.22. The zero-order chi connectivity index (χ0) is 10.6. The molecule has 4 nitrogen and oxygen atoms in total. The minimum atomic E-state index is -0.765. The smallest absolute Gasteiger partial charge is 0.305 e. The third-order valence-corrected chi connectivity index (χ3v) is 2.57. The predicted octanol–water partition coefficient (Wildman–Crippen LogP) is 1.01. The molecule has 0 radical (unpaired) electrons. The van der Waals surface area contributed by atoms with E-state index in [0.29, 0.717) is 0 Å². The van der Waals surface area contributed by atoms with Crippen LogP contribution in [0.2, 0.25) is 0 Å². The van der Waals surface area contributed by atoms with E-state index in [1.165, 1.54) is 0 Å². The van der Waals surface area contributed by atoms with E-state index in [2.05, 4.69) is 5.32 Å². The van der Waals surface area contributed by atoms with Gasteiger partial charge in [-0.05, 0) is 26.3 Å². The molecular formula is C10H19NO3. The van der Waals surface area contributed by atoms with Gasteiger partial charge in [-0.15, -0.1) is 0 Å². The molecule has 0 spiro atoms.